The van der Waals surface area contributed by atoms with Crippen LogP contribution in [0.15, 0.2) is 18.2 Å². The topological polar surface area (TPSA) is 55.6 Å². The van der Waals surface area contributed by atoms with Gasteiger partial charge < -0.3 is 15.4 Å². The average Bonchev–Trinajstić information content (AvgIpc) is 2.32. The first-order chi connectivity index (χ1) is 8.54. The molecule has 0 aliphatic heterocycles. The number of benzene rings is 1. The van der Waals surface area contributed by atoms with Crippen LogP contribution in [0.3, 0.4) is 0 Å². The zero-order chi connectivity index (χ0) is 13.5. The highest BCUT2D eigenvalue weighted by Crippen LogP contribution is 2.20. The molecule has 2 N–H and O–H groups in total. The Kier molecular flexibility index (Phi) is 5.58. The van der Waals surface area contributed by atoms with E-state index in [1.807, 2.05) is 0 Å². The number of hydrogen-bond acceptors (Lipinski definition) is 3. The molecule has 5 heteroatoms. The van der Waals surface area contributed by atoms with Crippen LogP contribution in [-0.2, 0) is 11.2 Å². The van der Waals surface area contributed by atoms with Gasteiger partial charge in [0, 0.05) is 14.1 Å². The largest absolute Gasteiger partial charge is 0.493 e. The first-order valence-corrected chi connectivity index (χ1v) is 5.86. The highest BCUT2D eigenvalue weighted by atomic mass is 19.1. The van der Waals surface area contributed by atoms with Gasteiger partial charge in [-0.15, -0.1) is 0 Å². The van der Waals surface area contributed by atoms with E-state index in [4.69, 9.17) is 10.5 Å². The maximum absolute atomic E-state index is 13.1. The minimum atomic E-state index is -0.310. The van der Waals surface area contributed by atoms with Gasteiger partial charge in [0.05, 0.1) is 13.0 Å². The monoisotopic (exact) mass is 254 g/mol. The van der Waals surface area contributed by atoms with Crippen LogP contribution >= 0.6 is 0 Å². The number of carbonyl (C=O) groups excluding carboxylic acids is 1. The van der Waals surface area contributed by atoms with E-state index < -0.39 is 0 Å². The molecule has 0 unspecified atom stereocenters. The van der Waals surface area contributed by atoms with E-state index in [9.17, 15) is 9.18 Å². The van der Waals surface area contributed by atoms with Crippen molar-refractivity contribution in [3.8, 4) is 5.75 Å². The van der Waals surface area contributed by atoms with Gasteiger partial charge in [-0.2, -0.15) is 0 Å². The fraction of sp³-hybridized carbons (Fsp3) is 0.462. The summed E-state index contributed by atoms with van der Waals surface area (Å²) in [5.41, 5.74) is 6.19. The van der Waals surface area contributed by atoms with Gasteiger partial charge in [-0.3, -0.25) is 4.79 Å². The van der Waals surface area contributed by atoms with Gasteiger partial charge in [0.2, 0.25) is 5.91 Å². The Bertz CT molecular complexity index is 408. The molecular formula is C13H19FN2O2. The van der Waals surface area contributed by atoms with E-state index in [0.717, 1.165) is 5.56 Å². The second-order valence-corrected chi connectivity index (χ2v) is 4.18. The first kappa shape index (κ1) is 14.4. The summed E-state index contributed by atoms with van der Waals surface area (Å²) in [5, 5.41) is 0. The molecule has 0 aromatic heterocycles. The van der Waals surface area contributed by atoms with E-state index in [0.29, 0.717) is 25.1 Å². The second kappa shape index (κ2) is 6.96. The SMILES string of the molecule is CN(C)C(=O)CCOc1ccc(F)cc1CCN. The molecule has 0 saturated heterocycles. The number of nitrogens with two attached hydrogens (primary N) is 1. The zero-order valence-electron chi connectivity index (χ0n) is 10.8. The van der Waals surface area contributed by atoms with E-state index in [1.165, 1.54) is 17.0 Å². The third kappa shape index (κ3) is 4.33. The number of halogens is 1. The van der Waals surface area contributed by atoms with Gasteiger partial charge in [0.25, 0.3) is 0 Å². The van der Waals surface area contributed by atoms with Crippen LogP contribution < -0.4 is 10.5 Å². The van der Waals surface area contributed by atoms with E-state index in [2.05, 4.69) is 0 Å². The van der Waals surface area contributed by atoms with Crippen molar-refractivity contribution in [2.75, 3.05) is 27.2 Å². The summed E-state index contributed by atoms with van der Waals surface area (Å²) in [4.78, 5) is 12.9. The number of ether oxygens (including phenoxy) is 1. The highest BCUT2D eigenvalue weighted by molar-refractivity contribution is 5.75. The predicted octanol–water partition coefficient (Wildman–Crippen LogP) is 1.18. The average molecular weight is 254 g/mol. The fourth-order valence-corrected chi connectivity index (χ4v) is 1.51. The molecule has 0 spiro atoms. The smallest absolute Gasteiger partial charge is 0.225 e. The lowest BCUT2D eigenvalue weighted by Gasteiger charge is -2.13. The van der Waals surface area contributed by atoms with Crippen molar-refractivity contribution in [2.24, 2.45) is 5.73 Å². The summed E-state index contributed by atoms with van der Waals surface area (Å²) in [7, 11) is 3.39. The Morgan fingerprint density at radius 3 is 2.78 bits per heavy atom. The quantitative estimate of drug-likeness (QED) is 0.829. The minimum absolute atomic E-state index is 0.00233. The van der Waals surface area contributed by atoms with Gasteiger partial charge >= 0.3 is 0 Å². The van der Waals surface area contributed by atoms with Crippen LogP contribution in [0.25, 0.3) is 0 Å². The number of amides is 1. The van der Waals surface area contributed by atoms with Gasteiger partial charge in [0.15, 0.2) is 0 Å². The van der Waals surface area contributed by atoms with E-state index in [-0.39, 0.29) is 18.3 Å². The molecule has 1 rings (SSSR count). The number of rotatable bonds is 6. The van der Waals surface area contributed by atoms with Crippen molar-refractivity contribution < 1.29 is 13.9 Å². The van der Waals surface area contributed by atoms with Crippen molar-refractivity contribution in [3.05, 3.63) is 29.6 Å². The van der Waals surface area contributed by atoms with Crippen LogP contribution in [0, 0.1) is 5.82 Å². The van der Waals surface area contributed by atoms with Gasteiger partial charge in [-0.1, -0.05) is 0 Å². The third-order valence-corrected chi connectivity index (χ3v) is 2.51. The molecule has 1 aromatic rings. The summed E-state index contributed by atoms with van der Waals surface area (Å²) < 4.78 is 18.6. The van der Waals surface area contributed by atoms with Crippen LogP contribution in [-0.4, -0.2) is 38.1 Å². The molecule has 0 bridgehead atoms. The molecule has 0 aliphatic carbocycles. The lowest BCUT2D eigenvalue weighted by Crippen LogP contribution is -2.23. The molecule has 1 aromatic carbocycles. The summed E-state index contributed by atoms with van der Waals surface area (Å²) in [6.45, 7) is 0.705. The molecule has 0 saturated carbocycles. The van der Waals surface area contributed by atoms with Gasteiger partial charge in [-0.25, -0.2) is 4.39 Å². The Balaban J connectivity index is 2.58. The van der Waals surface area contributed by atoms with Crippen LogP contribution in [0.1, 0.15) is 12.0 Å². The van der Waals surface area contributed by atoms with Crippen LogP contribution in [0.2, 0.25) is 0 Å². The van der Waals surface area contributed by atoms with Crippen molar-refractivity contribution in [3.63, 3.8) is 0 Å². The molecule has 0 atom stereocenters. The lowest BCUT2D eigenvalue weighted by atomic mass is 10.1. The molecule has 1 amide bonds. The Labute approximate surface area is 107 Å². The Morgan fingerprint density at radius 1 is 1.44 bits per heavy atom. The maximum Gasteiger partial charge on any atom is 0.225 e. The van der Waals surface area contributed by atoms with Crippen LogP contribution in [0.4, 0.5) is 4.39 Å². The number of nitrogens with zero attached hydrogens (tertiary/aromatic N) is 1. The summed E-state index contributed by atoms with van der Waals surface area (Å²) >= 11 is 0. The molecule has 100 valence electrons. The Hall–Kier alpha value is -1.62. The zero-order valence-corrected chi connectivity index (χ0v) is 10.8. The maximum atomic E-state index is 13.1. The first-order valence-electron chi connectivity index (χ1n) is 5.86. The molecule has 0 fully saturated rings. The van der Waals surface area contributed by atoms with Crippen LogP contribution in [0.5, 0.6) is 5.75 Å². The summed E-state index contributed by atoms with van der Waals surface area (Å²) in [5.74, 6) is 0.279. The highest BCUT2D eigenvalue weighted by Gasteiger charge is 2.07. The van der Waals surface area contributed by atoms with E-state index in [1.54, 1.807) is 20.2 Å². The van der Waals surface area contributed by atoms with E-state index >= 15 is 0 Å². The standard InChI is InChI=1S/C13H19FN2O2/c1-16(2)13(17)6-8-18-12-4-3-11(14)9-10(12)5-7-15/h3-4,9H,5-8,15H2,1-2H3. The summed E-state index contributed by atoms with van der Waals surface area (Å²) in [6.07, 6.45) is 0.848. The molecular weight excluding hydrogens is 235 g/mol. The minimum Gasteiger partial charge on any atom is -0.493 e. The normalized spacial score (nSPS) is 10.2. The number of carbonyl (C=O) groups is 1. The predicted molar refractivity (Wildman–Crippen MR) is 68.0 cm³/mol. The van der Waals surface area contributed by atoms with Crippen molar-refractivity contribution in [2.45, 2.75) is 12.8 Å². The molecule has 0 aliphatic rings. The number of hydrogen-bond donors (Lipinski definition) is 1. The van der Waals surface area contributed by atoms with Gasteiger partial charge in [0.1, 0.15) is 11.6 Å². The van der Waals surface area contributed by atoms with Crippen molar-refractivity contribution in [1.29, 1.82) is 0 Å². The van der Waals surface area contributed by atoms with Crippen molar-refractivity contribution >= 4 is 5.91 Å². The van der Waals surface area contributed by atoms with Crippen molar-refractivity contribution in [1.82, 2.24) is 4.90 Å². The molecule has 0 radical (unpaired) electrons. The third-order valence-electron chi connectivity index (χ3n) is 2.51. The second-order valence-electron chi connectivity index (χ2n) is 4.18. The fourth-order valence-electron chi connectivity index (χ4n) is 1.51. The van der Waals surface area contributed by atoms with Gasteiger partial charge in [-0.05, 0) is 36.7 Å². The molecule has 0 heterocycles. The molecule has 18 heavy (non-hydrogen) atoms. The lowest BCUT2D eigenvalue weighted by molar-refractivity contribution is -0.129. The molecule has 4 nitrogen and oxygen atoms in total. The Morgan fingerprint density at radius 2 is 2.17 bits per heavy atom. The summed E-state index contributed by atoms with van der Waals surface area (Å²) in [6, 6.07) is 4.32.